The van der Waals surface area contributed by atoms with Crippen molar-refractivity contribution < 1.29 is 28.2 Å². The molecule has 2 aliphatic heterocycles. The number of ether oxygens (including phenoxy) is 3. The van der Waals surface area contributed by atoms with E-state index in [9.17, 15) is 14.0 Å². The van der Waals surface area contributed by atoms with Crippen LogP contribution in [0.15, 0.2) is 53.7 Å². The highest BCUT2D eigenvalue weighted by Crippen LogP contribution is 2.36. The summed E-state index contributed by atoms with van der Waals surface area (Å²) in [5.74, 6) is -1.64. The lowest BCUT2D eigenvalue weighted by Crippen LogP contribution is -2.48. The second kappa shape index (κ2) is 12.2. The Balaban J connectivity index is 1.66. The first-order chi connectivity index (χ1) is 18.2. The van der Waals surface area contributed by atoms with Gasteiger partial charge in [-0.3, -0.25) is 14.5 Å². The second-order valence-corrected chi connectivity index (χ2v) is 9.68. The maximum absolute atomic E-state index is 13.7. The molecule has 2 aliphatic rings. The molecule has 2 saturated heterocycles. The van der Waals surface area contributed by atoms with Gasteiger partial charge in [0.2, 0.25) is 5.72 Å². The standard InChI is InChI=1S/C27H32ClFN4O5/c1-18(34)38-27(2)25(26(35)33(31-27)24-9-8-21(29)14-22(24)28)23(17-36-3)30-15-19-6-4-5-7-20(19)16-32-10-12-37-13-11-32/h4-9,14,30-31H,10-13,15-17H2,1-3H3. The van der Waals surface area contributed by atoms with Gasteiger partial charge in [-0.15, -0.1) is 0 Å². The second-order valence-electron chi connectivity index (χ2n) is 9.27. The molecule has 1 unspecified atom stereocenters. The van der Waals surface area contributed by atoms with Crippen LogP contribution in [0.2, 0.25) is 5.02 Å². The SMILES string of the molecule is COCC(NCc1ccccc1CN1CCOCC1)=C1C(=O)N(c2ccc(F)cc2Cl)NC1(C)OC(C)=O. The first-order valence-corrected chi connectivity index (χ1v) is 12.7. The summed E-state index contributed by atoms with van der Waals surface area (Å²) in [7, 11) is 1.51. The predicted octanol–water partition coefficient (Wildman–Crippen LogP) is 3.13. The molecule has 0 saturated carbocycles. The van der Waals surface area contributed by atoms with Crippen molar-refractivity contribution in [2.45, 2.75) is 32.7 Å². The van der Waals surface area contributed by atoms with Gasteiger partial charge in [-0.05, 0) is 36.2 Å². The summed E-state index contributed by atoms with van der Waals surface area (Å²) in [5.41, 5.74) is 4.43. The lowest BCUT2D eigenvalue weighted by Gasteiger charge is -2.28. The van der Waals surface area contributed by atoms with Gasteiger partial charge in [0.1, 0.15) is 11.4 Å². The summed E-state index contributed by atoms with van der Waals surface area (Å²) in [6.45, 7) is 7.22. The highest BCUT2D eigenvalue weighted by Gasteiger charge is 2.50. The number of anilines is 1. The Morgan fingerprint density at radius 1 is 1.21 bits per heavy atom. The number of nitrogens with one attached hydrogen (secondary N) is 2. The fourth-order valence-corrected chi connectivity index (χ4v) is 4.94. The normalized spacial score (nSPS) is 21.5. The lowest BCUT2D eigenvalue weighted by atomic mass is 10.0. The van der Waals surface area contributed by atoms with Crippen LogP contribution >= 0.6 is 11.6 Å². The van der Waals surface area contributed by atoms with Gasteiger partial charge in [0.05, 0.1) is 36.2 Å². The molecule has 2 heterocycles. The maximum Gasteiger partial charge on any atom is 0.304 e. The first kappa shape index (κ1) is 28.0. The number of nitrogens with zero attached hydrogens (tertiary/aromatic N) is 2. The molecule has 0 spiro atoms. The van der Waals surface area contributed by atoms with Crippen molar-refractivity contribution in [1.82, 2.24) is 15.6 Å². The number of rotatable bonds is 9. The summed E-state index contributed by atoms with van der Waals surface area (Å²) >= 11 is 6.25. The van der Waals surface area contributed by atoms with Crippen LogP contribution in [0.4, 0.5) is 10.1 Å². The maximum atomic E-state index is 13.7. The Hall–Kier alpha value is -3.02. The van der Waals surface area contributed by atoms with Crippen molar-refractivity contribution in [3.05, 3.63) is 75.7 Å². The smallest absolute Gasteiger partial charge is 0.304 e. The van der Waals surface area contributed by atoms with E-state index in [1.165, 1.54) is 26.2 Å². The largest absolute Gasteiger partial charge is 0.438 e. The molecule has 4 rings (SSSR count). The number of amides is 1. The molecular weight excluding hydrogens is 515 g/mol. The third-order valence-electron chi connectivity index (χ3n) is 6.42. The zero-order valence-corrected chi connectivity index (χ0v) is 22.4. The molecule has 2 fully saturated rings. The van der Waals surface area contributed by atoms with Gasteiger partial charge in [-0.2, -0.15) is 5.43 Å². The topological polar surface area (TPSA) is 92.4 Å². The minimum atomic E-state index is -1.53. The minimum Gasteiger partial charge on any atom is -0.438 e. The molecule has 2 aromatic carbocycles. The molecule has 11 heteroatoms. The highest BCUT2D eigenvalue weighted by atomic mass is 35.5. The summed E-state index contributed by atoms with van der Waals surface area (Å²) in [5, 5.41) is 4.53. The van der Waals surface area contributed by atoms with E-state index in [4.69, 9.17) is 25.8 Å². The number of methoxy groups -OCH3 is 1. The number of carbonyl (C=O) groups excluding carboxylic acids is 2. The minimum absolute atomic E-state index is 0.0237. The number of hydrogen-bond acceptors (Lipinski definition) is 8. The van der Waals surface area contributed by atoms with Gasteiger partial charge in [-0.1, -0.05) is 35.9 Å². The molecular formula is C27H32ClFN4O5. The zero-order valence-electron chi connectivity index (χ0n) is 21.7. The predicted molar refractivity (Wildman–Crippen MR) is 140 cm³/mol. The quantitative estimate of drug-likeness (QED) is 0.366. The van der Waals surface area contributed by atoms with E-state index in [-0.39, 0.29) is 22.9 Å². The molecule has 0 aromatic heterocycles. The van der Waals surface area contributed by atoms with Gasteiger partial charge in [0.15, 0.2) is 0 Å². The fraction of sp³-hybridized carbons (Fsp3) is 0.407. The van der Waals surface area contributed by atoms with E-state index in [0.717, 1.165) is 41.8 Å². The number of esters is 1. The zero-order chi connectivity index (χ0) is 27.3. The Morgan fingerprint density at radius 2 is 1.92 bits per heavy atom. The number of halogens is 2. The van der Waals surface area contributed by atoms with Gasteiger partial charge in [-0.25, -0.2) is 9.40 Å². The Morgan fingerprint density at radius 3 is 2.58 bits per heavy atom. The van der Waals surface area contributed by atoms with Crippen LogP contribution in [0, 0.1) is 5.82 Å². The van der Waals surface area contributed by atoms with Crippen LogP contribution in [-0.4, -0.2) is 62.5 Å². The van der Waals surface area contributed by atoms with Gasteiger partial charge >= 0.3 is 5.97 Å². The lowest BCUT2D eigenvalue weighted by molar-refractivity contribution is -0.153. The van der Waals surface area contributed by atoms with Crippen LogP contribution in [-0.2, 0) is 36.9 Å². The van der Waals surface area contributed by atoms with Crippen molar-refractivity contribution in [2.75, 3.05) is 45.0 Å². The van der Waals surface area contributed by atoms with E-state index in [0.29, 0.717) is 25.5 Å². The molecule has 0 radical (unpaired) electrons. The molecule has 0 bridgehead atoms. The Bertz CT molecular complexity index is 1220. The number of carbonyl (C=O) groups is 2. The molecule has 2 N–H and O–H groups in total. The number of hydrogen-bond donors (Lipinski definition) is 2. The van der Waals surface area contributed by atoms with Crippen molar-refractivity contribution >= 4 is 29.2 Å². The van der Waals surface area contributed by atoms with E-state index in [1.807, 2.05) is 18.2 Å². The monoisotopic (exact) mass is 546 g/mol. The third-order valence-corrected chi connectivity index (χ3v) is 6.72. The molecule has 204 valence electrons. The summed E-state index contributed by atoms with van der Waals surface area (Å²) in [6, 6.07) is 11.8. The average molecular weight is 547 g/mol. The van der Waals surface area contributed by atoms with E-state index in [2.05, 4.69) is 21.7 Å². The van der Waals surface area contributed by atoms with Crippen molar-refractivity contribution in [2.24, 2.45) is 0 Å². The average Bonchev–Trinajstić information content (AvgIpc) is 3.12. The molecule has 0 aliphatic carbocycles. The summed E-state index contributed by atoms with van der Waals surface area (Å²) in [4.78, 5) is 28.1. The van der Waals surface area contributed by atoms with Crippen LogP contribution in [0.5, 0.6) is 0 Å². The first-order valence-electron chi connectivity index (χ1n) is 12.3. The number of morpholine rings is 1. The van der Waals surface area contributed by atoms with Crippen molar-refractivity contribution in [3.63, 3.8) is 0 Å². The summed E-state index contributed by atoms with van der Waals surface area (Å²) in [6.07, 6.45) is 0. The van der Waals surface area contributed by atoms with Crippen LogP contribution < -0.4 is 15.8 Å². The van der Waals surface area contributed by atoms with Crippen LogP contribution in [0.1, 0.15) is 25.0 Å². The Kier molecular flexibility index (Phi) is 9.01. The van der Waals surface area contributed by atoms with Crippen LogP contribution in [0.25, 0.3) is 0 Å². The highest BCUT2D eigenvalue weighted by molar-refractivity contribution is 6.34. The number of benzene rings is 2. The van der Waals surface area contributed by atoms with Crippen molar-refractivity contribution in [3.8, 4) is 0 Å². The summed E-state index contributed by atoms with van der Waals surface area (Å²) < 4.78 is 30.2. The third kappa shape index (κ3) is 6.33. The van der Waals surface area contributed by atoms with Gasteiger partial charge in [0.25, 0.3) is 5.91 Å². The van der Waals surface area contributed by atoms with Gasteiger partial charge < -0.3 is 19.5 Å². The number of hydrazine groups is 1. The van der Waals surface area contributed by atoms with E-state index in [1.54, 1.807) is 6.92 Å². The van der Waals surface area contributed by atoms with E-state index >= 15 is 0 Å². The molecule has 1 atom stereocenters. The fourth-order valence-electron chi connectivity index (χ4n) is 4.69. The molecule has 1 amide bonds. The molecule has 9 nitrogen and oxygen atoms in total. The molecule has 2 aromatic rings. The van der Waals surface area contributed by atoms with Crippen molar-refractivity contribution in [1.29, 1.82) is 0 Å². The van der Waals surface area contributed by atoms with E-state index < -0.39 is 23.4 Å². The van der Waals surface area contributed by atoms with Crippen LogP contribution in [0.3, 0.4) is 0 Å². The molecule has 38 heavy (non-hydrogen) atoms. The van der Waals surface area contributed by atoms with Gasteiger partial charge in [0, 0.05) is 40.2 Å². The Labute approximate surface area is 226 Å².